The zero-order valence-electron chi connectivity index (χ0n) is 14.0. The van der Waals surface area contributed by atoms with Gasteiger partial charge in [0.2, 0.25) is 0 Å². The first kappa shape index (κ1) is 18.5. The van der Waals surface area contributed by atoms with Gasteiger partial charge in [0, 0.05) is 23.7 Å². The molecule has 120 valence electrons. The molecule has 3 heteroatoms. The summed E-state index contributed by atoms with van der Waals surface area (Å²) in [6.45, 7) is 11.9. The number of benzene rings is 1. The van der Waals surface area contributed by atoms with Crippen LogP contribution in [0.5, 0.6) is 0 Å². The van der Waals surface area contributed by atoms with Crippen molar-refractivity contribution >= 4 is 11.6 Å². The van der Waals surface area contributed by atoms with E-state index in [0.29, 0.717) is 6.54 Å². The standard InChI is InChI=1S/C18H31ClN2/c1-5-15(6-2)13-21(7-3)18(4,14-20)12-16-8-10-17(19)11-9-16/h8-11,15H,5-7,12-14,20H2,1-4H3. The van der Waals surface area contributed by atoms with E-state index in [0.717, 1.165) is 30.5 Å². The summed E-state index contributed by atoms with van der Waals surface area (Å²) in [5, 5.41) is 0.789. The van der Waals surface area contributed by atoms with E-state index in [4.69, 9.17) is 17.3 Å². The minimum atomic E-state index is 0.00513. The second kappa shape index (κ2) is 8.77. The first-order valence-corrected chi connectivity index (χ1v) is 8.56. The van der Waals surface area contributed by atoms with E-state index in [1.165, 1.54) is 18.4 Å². The van der Waals surface area contributed by atoms with Crippen LogP contribution in [0.4, 0.5) is 0 Å². The van der Waals surface area contributed by atoms with Crippen LogP contribution < -0.4 is 5.73 Å². The van der Waals surface area contributed by atoms with Crippen molar-refractivity contribution in [1.82, 2.24) is 4.90 Å². The molecule has 2 nitrogen and oxygen atoms in total. The monoisotopic (exact) mass is 310 g/mol. The van der Waals surface area contributed by atoms with Gasteiger partial charge in [-0.05, 0) is 43.5 Å². The molecule has 0 aliphatic heterocycles. The fourth-order valence-corrected chi connectivity index (χ4v) is 3.07. The van der Waals surface area contributed by atoms with Gasteiger partial charge in [-0.1, -0.05) is 57.3 Å². The lowest BCUT2D eigenvalue weighted by Gasteiger charge is -2.42. The van der Waals surface area contributed by atoms with Gasteiger partial charge in [0.25, 0.3) is 0 Å². The van der Waals surface area contributed by atoms with Crippen molar-refractivity contribution in [3.63, 3.8) is 0 Å². The Balaban J connectivity index is 2.86. The van der Waals surface area contributed by atoms with Crippen molar-refractivity contribution < 1.29 is 0 Å². The highest BCUT2D eigenvalue weighted by Gasteiger charge is 2.30. The summed E-state index contributed by atoms with van der Waals surface area (Å²) in [5.41, 5.74) is 7.46. The van der Waals surface area contributed by atoms with E-state index in [-0.39, 0.29) is 5.54 Å². The Kier molecular flexibility index (Phi) is 7.72. The number of likely N-dealkylation sites (N-methyl/N-ethyl adjacent to an activating group) is 1. The quantitative estimate of drug-likeness (QED) is 0.734. The summed E-state index contributed by atoms with van der Waals surface area (Å²) in [5.74, 6) is 0.751. The molecule has 1 rings (SSSR count). The molecule has 2 N–H and O–H groups in total. The van der Waals surface area contributed by atoms with Crippen LogP contribution in [0.25, 0.3) is 0 Å². The summed E-state index contributed by atoms with van der Waals surface area (Å²) in [7, 11) is 0. The van der Waals surface area contributed by atoms with Crippen molar-refractivity contribution in [1.29, 1.82) is 0 Å². The lowest BCUT2D eigenvalue weighted by molar-refractivity contribution is 0.0936. The maximum Gasteiger partial charge on any atom is 0.0406 e. The summed E-state index contributed by atoms with van der Waals surface area (Å²) < 4.78 is 0. The van der Waals surface area contributed by atoms with E-state index in [1.54, 1.807) is 0 Å². The van der Waals surface area contributed by atoms with Crippen LogP contribution in [0.15, 0.2) is 24.3 Å². The third-order valence-corrected chi connectivity index (χ3v) is 4.97. The molecule has 0 radical (unpaired) electrons. The highest BCUT2D eigenvalue weighted by molar-refractivity contribution is 6.30. The van der Waals surface area contributed by atoms with Crippen LogP contribution in [0, 0.1) is 5.92 Å². The van der Waals surface area contributed by atoms with Gasteiger partial charge >= 0.3 is 0 Å². The Hall–Kier alpha value is -0.570. The molecular formula is C18H31ClN2. The number of nitrogens with zero attached hydrogens (tertiary/aromatic N) is 1. The molecule has 0 amide bonds. The number of nitrogens with two attached hydrogens (primary N) is 1. The first-order chi connectivity index (χ1) is 9.98. The van der Waals surface area contributed by atoms with Gasteiger partial charge in [-0.15, -0.1) is 0 Å². The predicted octanol–water partition coefficient (Wildman–Crippen LogP) is 4.36. The average molecular weight is 311 g/mol. The van der Waals surface area contributed by atoms with E-state index < -0.39 is 0 Å². The third kappa shape index (κ3) is 5.28. The van der Waals surface area contributed by atoms with E-state index in [2.05, 4.69) is 44.7 Å². The number of rotatable bonds is 9. The average Bonchev–Trinajstić information content (AvgIpc) is 2.50. The van der Waals surface area contributed by atoms with Crippen LogP contribution in [0.2, 0.25) is 5.02 Å². The zero-order valence-corrected chi connectivity index (χ0v) is 14.8. The predicted molar refractivity (Wildman–Crippen MR) is 93.9 cm³/mol. The smallest absolute Gasteiger partial charge is 0.0406 e. The van der Waals surface area contributed by atoms with Gasteiger partial charge in [0.15, 0.2) is 0 Å². The largest absolute Gasteiger partial charge is 0.329 e. The van der Waals surface area contributed by atoms with Crippen molar-refractivity contribution in [2.75, 3.05) is 19.6 Å². The van der Waals surface area contributed by atoms with Crippen LogP contribution in [0.3, 0.4) is 0 Å². The minimum absolute atomic E-state index is 0.00513. The second-order valence-electron chi connectivity index (χ2n) is 6.23. The van der Waals surface area contributed by atoms with Crippen molar-refractivity contribution in [3.05, 3.63) is 34.9 Å². The van der Waals surface area contributed by atoms with Gasteiger partial charge in [-0.25, -0.2) is 0 Å². The molecule has 1 atom stereocenters. The topological polar surface area (TPSA) is 29.3 Å². The molecule has 1 unspecified atom stereocenters. The molecule has 0 bridgehead atoms. The Morgan fingerprint density at radius 2 is 1.71 bits per heavy atom. The molecule has 0 aliphatic carbocycles. The summed E-state index contributed by atoms with van der Waals surface area (Å²) in [4.78, 5) is 2.55. The Labute approximate surface area is 135 Å². The van der Waals surface area contributed by atoms with E-state index >= 15 is 0 Å². The molecule has 0 heterocycles. The van der Waals surface area contributed by atoms with Crippen LogP contribution >= 0.6 is 11.6 Å². The molecule has 0 fully saturated rings. The van der Waals surface area contributed by atoms with Crippen molar-refractivity contribution in [2.45, 2.75) is 52.5 Å². The molecule has 0 aliphatic rings. The van der Waals surface area contributed by atoms with Gasteiger partial charge in [0.05, 0.1) is 0 Å². The Morgan fingerprint density at radius 3 is 2.14 bits per heavy atom. The summed E-state index contributed by atoms with van der Waals surface area (Å²) in [6, 6.07) is 8.15. The highest BCUT2D eigenvalue weighted by atomic mass is 35.5. The molecule has 0 saturated carbocycles. The fraction of sp³-hybridized carbons (Fsp3) is 0.667. The highest BCUT2D eigenvalue weighted by Crippen LogP contribution is 2.24. The zero-order chi connectivity index (χ0) is 15.9. The second-order valence-corrected chi connectivity index (χ2v) is 6.66. The molecule has 1 aromatic rings. The van der Waals surface area contributed by atoms with Crippen LogP contribution in [-0.4, -0.2) is 30.1 Å². The Morgan fingerprint density at radius 1 is 1.14 bits per heavy atom. The van der Waals surface area contributed by atoms with Crippen LogP contribution in [0.1, 0.15) is 46.1 Å². The maximum atomic E-state index is 6.15. The van der Waals surface area contributed by atoms with Gasteiger partial charge in [-0.3, -0.25) is 4.90 Å². The molecule has 1 aromatic carbocycles. The van der Waals surface area contributed by atoms with Gasteiger partial charge in [0.1, 0.15) is 0 Å². The third-order valence-electron chi connectivity index (χ3n) is 4.72. The molecule has 21 heavy (non-hydrogen) atoms. The number of hydrogen-bond donors (Lipinski definition) is 1. The van der Waals surface area contributed by atoms with Gasteiger partial charge < -0.3 is 5.73 Å². The molecule has 0 saturated heterocycles. The van der Waals surface area contributed by atoms with E-state index in [1.807, 2.05) is 12.1 Å². The lowest BCUT2D eigenvalue weighted by Crippen LogP contribution is -2.54. The fourth-order valence-electron chi connectivity index (χ4n) is 2.94. The van der Waals surface area contributed by atoms with E-state index in [9.17, 15) is 0 Å². The maximum absolute atomic E-state index is 6.15. The van der Waals surface area contributed by atoms with Crippen molar-refractivity contribution in [3.8, 4) is 0 Å². The Bertz CT molecular complexity index is 400. The molecule has 0 aromatic heterocycles. The minimum Gasteiger partial charge on any atom is -0.329 e. The summed E-state index contributed by atoms with van der Waals surface area (Å²) in [6.07, 6.45) is 3.43. The SMILES string of the molecule is CCC(CC)CN(CC)C(C)(CN)Cc1ccc(Cl)cc1. The lowest BCUT2D eigenvalue weighted by atomic mass is 9.89. The summed E-state index contributed by atoms with van der Waals surface area (Å²) >= 11 is 5.98. The first-order valence-electron chi connectivity index (χ1n) is 8.18. The molecular weight excluding hydrogens is 280 g/mol. The number of halogens is 1. The van der Waals surface area contributed by atoms with Crippen LogP contribution in [-0.2, 0) is 6.42 Å². The normalized spacial score (nSPS) is 14.7. The number of hydrogen-bond acceptors (Lipinski definition) is 2. The van der Waals surface area contributed by atoms with Crippen molar-refractivity contribution in [2.24, 2.45) is 11.7 Å². The molecule has 0 spiro atoms. The van der Waals surface area contributed by atoms with Gasteiger partial charge in [-0.2, -0.15) is 0 Å².